The summed E-state index contributed by atoms with van der Waals surface area (Å²) >= 11 is 0. The van der Waals surface area contributed by atoms with Crippen LogP contribution in [0.5, 0.6) is 5.75 Å². The molecule has 0 aromatic heterocycles. The molecule has 0 spiro atoms. The van der Waals surface area contributed by atoms with Gasteiger partial charge in [0.05, 0.1) is 5.56 Å². The lowest BCUT2D eigenvalue weighted by molar-refractivity contribution is -0.137. The molecular formula is C16H12F3NO2. The van der Waals surface area contributed by atoms with Crippen molar-refractivity contribution in [2.75, 3.05) is 5.32 Å². The van der Waals surface area contributed by atoms with Gasteiger partial charge >= 0.3 is 6.18 Å². The molecule has 0 radical (unpaired) electrons. The van der Waals surface area contributed by atoms with Crippen LogP contribution in [0.3, 0.4) is 0 Å². The Morgan fingerprint density at radius 3 is 2.64 bits per heavy atom. The van der Waals surface area contributed by atoms with Gasteiger partial charge in [0.2, 0.25) is 5.91 Å². The van der Waals surface area contributed by atoms with Crippen LogP contribution in [0.15, 0.2) is 42.5 Å². The molecule has 114 valence electrons. The van der Waals surface area contributed by atoms with Crippen LogP contribution in [-0.2, 0) is 11.0 Å². The maximum atomic E-state index is 12.8. The molecule has 6 heteroatoms. The Balaban J connectivity index is 2.08. The van der Waals surface area contributed by atoms with E-state index in [9.17, 15) is 23.1 Å². The van der Waals surface area contributed by atoms with Gasteiger partial charge in [0, 0.05) is 24.1 Å². The maximum Gasteiger partial charge on any atom is 0.416 e. The lowest BCUT2D eigenvalue weighted by atomic mass is 9.84. The van der Waals surface area contributed by atoms with Crippen LogP contribution in [0.1, 0.15) is 29.0 Å². The van der Waals surface area contributed by atoms with Crippen molar-refractivity contribution in [3.05, 3.63) is 59.2 Å². The SMILES string of the molecule is O=C1C[C@@H](c2cccc(C(F)(F)F)c2)c2ccc(O)cc2N1. The second-order valence-corrected chi connectivity index (χ2v) is 5.20. The number of phenols is 1. The van der Waals surface area contributed by atoms with Gasteiger partial charge < -0.3 is 10.4 Å². The van der Waals surface area contributed by atoms with Crippen LogP contribution in [0.4, 0.5) is 18.9 Å². The lowest BCUT2D eigenvalue weighted by Crippen LogP contribution is -2.23. The van der Waals surface area contributed by atoms with Gasteiger partial charge in [-0.15, -0.1) is 0 Å². The van der Waals surface area contributed by atoms with Crippen LogP contribution in [0, 0.1) is 0 Å². The Labute approximate surface area is 124 Å². The summed E-state index contributed by atoms with van der Waals surface area (Å²) in [5.74, 6) is -0.768. The number of fused-ring (bicyclic) bond motifs is 1. The van der Waals surface area contributed by atoms with Gasteiger partial charge in [-0.25, -0.2) is 0 Å². The largest absolute Gasteiger partial charge is 0.508 e. The molecule has 1 aliphatic rings. The number of halogens is 3. The van der Waals surface area contributed by atoms with Crippen molar-refractivity contribution in [1.29, 1.82) is 0 Å². The summed E-state index contributed by atoms with van der Waals surface area (Å²) in [6.07, 6.45) is -4.36. The number of hydrogen-bond donors (Lipinski definition) is 2. The first-order chi connectivity index (χ1) is 10.3. The van der Waals surface area contributed by atoms with Gasteiger partial charge in [-0.05, 0) is 23.3 Å². The molecule has 0 aliphatic carbocycles. The van der Waals surface area contributed by atoms with E-state index in [4.69, 9.17) is 0 Å². The van der Waals surface area contributed by atoms with E-state index in [1.807, 2.05) is 0 Å². The average Bonchev–Trinajstić information content (AvgIpc) is 2.45. The standard InChI is InChI=1S/C16H12F3NO2/c17-16(18,19)10-3-1-2-9(6-10)13-8-15(22)20-14-7-11(21)4-5-12(13)14/h1-7,13,21H,8H2,(H,20,22)/t13-/m0/s1. The Bertz CT molecular complexity index is 740. The van der Waals surface area contributed by atoms with E-state index in [0.717, 1.165) is 12.1 Å². The highest BCUT2D eigenvalue weighted by molar-refractivity contribution is 5.95. The third-order valence-electron chi connectivity index (χ3n) is 3.69. The summed E-state index contributed by atoms with van der Waals surface area (Å²) in [4.78, 5) is 11.8. The predicted octanol–water partition coefficient (Wildman–Crippen LogP) is 3.89. The zero-order chi connectivity index (χ0) is 15.9. The van der Waals surface area contributed by atoms with E-state index >= 15 is 0 Å². The second kappa shape index (κ2) is 5.05. The fourth-order valence-corrected chi connectivity index (χ4v) is 2.68. The van der Waals surface area contributed by atoms with E-state index in [1.54, 1.807) is 12.1 Å². The zero-order valence-corrected chi connectivity index (χ0v) is 11.3. The monoisotopic (exact) mass is 307 g/mol. The maximum absolute atomic E-state index is 12.8. The molecule has 1 amide bonds. The number of rotatable bonds is 1. The second-order valence-electron chi connectivity index (χ2n) is 5.20. The van der Waals surface area contributed by atoms with Crippen LogP contribution in [0.25, 0.3) is 0 Å². The molecule has 1 aliphatic heterocycles. The van der Waals surface area contributed by atoms with Gasteiger partial charge in [-0.1, -0.05) is 24.3 Å². The topological polar surface area (TPSA) is 49.3 Å². The fourth-order valence-electron chi connectivity index (χ4n) is 2.68. The number of alkyl halides is 3. The Morgan fingerprint density at radius 1 is 1.14 bits per heavy atom. The Hall–Kier alpha value is -2.50. The quantitative estimate of drug-likeness (QED) is 0.840. The lowest BCUT2D eigenvalue weighted by Gasteiger charge is -2.26. The van der Waals surface area contributed by atoms with Crippen molar-refractivity contribution in [2.45, 2.75) is 18.5 Å². The van der Waals surface area contributed by atoms with Crippen molar-refractivity contribution in [2.24, 2.45) is 0 Å². The number of phenolic OH excluding ortho intramolecular Hbond substituents is 1. The van der Waals surface area contributed by atoms with Crippen molar-refractivity contribution in [3.8, 4) is 5.75 Å². The molecule has 3 rings (SSSR count). The number of anilines is 1. The summed E-state index contributed by atoms with van der Waals surface area (Å²) in [7, 11) is 0. The minimum Gasteiger partial charge on any atom is -0.508 e. The first-order valence-electron chi connectivity index (χ1n) is 6.64. The molecular weight excluding hydrogens is 295 g/mol. The molecule has 1 atom stereocenters. The molecule has 0 fully saturated rings. The van der Waals surface area contributed by atoms with Gasteiger partial charge in [0.15, 0.2) is 0 Å². The molecule has 2 aromatic rings. The minimum atomic E-state index is -4.43. The number of carbonyl (C=O) groups excluding carboxylic acids is 1. The minimum absolute atomic E-state index is 0.0104. The third kappa shape index (κ3) is 2.64. The van der Waals surface area contributed by atoms with Crippen LogP contribution in [0.2, 0.25) is 0 Å². The van der Waals surface area contributed by atoms with Crippen LogP contribution >= 0.6 is 0 Å². The van der Waals surface area contributed by atoms with E-state index in [2.05, 4.69) is 5.32 Å². The molecule has 2 aromatic carbocycles. The summed E-state index contributed by atoms with van der Waals surface area (Å²) in [5, 5.41) is 12.1. The molecule has 3 nitrogen and oxygen atoms in total. The van der Waals surface area contributed by atoms with Gasteiger partial charge in [-0.2, -0.15) is 13.2 Å². The number of benzene rings is 2. The normalized spacial score (nSPS) is 17.8. The molecule has 0 saturated carbocycles. The molecule has 0 unspecified atom stereocenters. The number of nitrogens with one attached hydrogen (secondary N) is 1. The molecule has 0 bridgehead atoms. The highest BCUT2D eigenvalue weighted by atomic mass is 19.4. The van der Waals surface area contributed by atoms with Crippen molar-refractivity contribution >= 4 is 11.6 Å². The van der Waals surface area contributed by atoms with Crippen molar-refractivity contribution < 1.29 is 23.1 Å². The van der Waals surface area contributed by atoms with E-state index in [0.29, 0.717) is 16.8 Å². The van der Waals surface area contributed by atoms with Gasteiger partial charge in [-0.3, -0.25) is 4.79 Å². The summed E-state index contributed by atoms with van der Waals surface area (Å²) < 4.78 is 38.5. The summed E-state index contributed by atoms with van der Waals surface area (Å²) in [6.45, 7) is 0. The van der Waals surface area contributed by atoms with Gasteiger partial charge in [0.25, 0.3) is 0 Å². The zero-order valence-electron chi connectivity index (χ0n) is 11.3. The van der Waals surface area contributed by atoms with E-state index < -0.39 is 17.7 Å². The molecule has 22 heavy (non-hydrogen) atoms. The smallest absolute Gasteiger partial charge is 0.416 e. The first-order valence-corrected chi connectivity index (χ1v) is 6.64. The van der Waals surface area contributed by atoms with Gasteiger partial charge in [0.1, 0.15) is 5.75 Å². The number of amides is 1. The molecule has 2 N–H and O–H groups in total. The van der Waals surface area contributed by atoms with Crippen molar-refractivity contribution in [3.63, 3.8) is 0 Å². The van der Waals surface area contributed by atoms with Crippen LogP contribution in [-0.4, -0.2) is 11.0 Å². The number of hydrogen-bond acceptors (Lipinski definition) is 2. The fraction of sp³-hybridized carbons (Fsp3) is 0.188. The van der Waals surface area contributed by atoms with Crippen molar-refractivity contribution in [1.82, 2.24) is 0 Å². The summed E-state index contributed by atoms with van der Waals surface area (Å²) in [6, 6.07) is 9.46. The molecule has 1 heterocycles. The Morgan fingerprint density at radius 2 is 1.91 bits per heavy atom. The van der Waals surface area contributed by atoms with Crippen LogP contribution < -0.4 is 5.32 Å². The number of aromatic hydroxyl groups is 1. The average molecular weight is 307 g/mol. The molecule has 0 saturated heterocycles. The summed E-state index contributed by atoms with van der Waals surface area (Å²) in [5.41, 5.74) is 0.809. The third-order valence-corrected chi connectivity index (χ3v) is 3.69. The number of carbonyl (C=O) groups is 1. The highest BCUT2D eigenvalue weighted by Crippen LogP contribution is 2.40. The first kappa shape index (κ1) is 14.4. The predicted molar refractivity (Wildman–Crippen MR) is 74.6 cm³/mol. The highest BCUT2D eigenvalue weighted by Gasteiger charge is 2.32. The Kier molecular flexibility index (Phi) is 3.31. The van der Waals surface area contributed by atoms with E-state index in [1.165, 1.54) is 18.2 Å². The van der Waals surface area contributed by atoms with E-state index in [-0.39, 0.29) is 18.1 Å².